The van der Waals surface area contributed by atoms with Crippen LogP contribution in [0.2, 0.25) is 0 Å². The monoisotopic (exact) mass is 371 g/mol. The molecule has 0 unspecified atom stereocenters. The van der Waals surface area contributed by atoms with E-state index in [-0.39, 0.29) is 24.0 Å². The van der Waals surface area contributed by atoms with Crippen molar-refractivity contribution in [1.29, 1.82) is 0 Å². The van der Waals surface area contributed by atoms with Crippen LogP contribution >= 0.6 is 0 Å². The van der Waals surface area contributed by atoms with Crippen LogP contribution in [-0.4, -0.2) is 66.5 Å². The summed E-state index contributed by atoms with van der Waals surface area (Å²) in [5, 5.41) is 3.07. The summed E-state index contributed by atoms with van der Waals surface area (Å²) in [5.41, 5.74) is 3.66. The van der Waals surface area contributed by atoms with Crippen LogP contribution in [0.4, 0.5) is 5.69 Å². The number of nitrogens with one attached hydrogen (secondary N) is 1. The molecule has 2 heterocycles. The zero-order valence-corrected chi connectivity index (χ0v) is 16.1. The molecule has 2 fully saturated rings. The smallest absolute Gasteiger partial charge is 0.251 e. The van der Waals surface area contributed by atoms with Gasteiger partial charge in [-0.3, -0.25) is 14.5 Å². The van der Waals surface area contributed by atoms with E-state index in [9.17, 15) is 9.59 Å². The summed E-state index contributed by atoms with van der Waals surface area (Å²) < 4.78 is 5.51. The quantitative estimate of drug-likeness (QED) is 0.877. The third kappa shape index (κ3) is 4.01. The summed E-state index contributed by atoms with van der Waals surface area (Å²) in [7, 11) is 0. The van der Waals surface area contributed by atoms with Crippen molar-refractivity contribution in [3.05, 3.63) is 29.3 Å². The van der Waals surface area contributed by atoms with Crippen LogP contribution in [0, 0.1) is 0 Å². The molecule has 2 atom stereocenters. The molecule has 2 saturated heterocycles. The van der Waals surface area contributed by atoms with E-state index in [2.05, 4.69) is 22.3 Å². The second kappa shape index (κ2) is 7.98. The molecule has 0 bridgehead atoms. The van der Waals surface area contributed by atoms with E-state index in [0.717, 1.165) is 44.5 Å². The van der Waals surface area contributed by atoms with E-state index in [1.165, 1.54) is 17.5 Å². The molecular weight excluding hydrogens is 342 g/mol. The number of hydrogen-bond donors (Lipinski definition) is 1. The number of amides is 2. The SMILES string of the molecule is C[C@H](C(=O)Nc1ccc2c(c1)CCC2)N1CCN(C(=O)[C@H]2CCCO2)CC1. The molecular formula is C21H29N3O3. The van der Waals surface area contributed by atoms with Gasteiger partial charge in [-0.25, -0.2) is 0 Å². The molecule has 146 valence electrons. The molecule has 2 amide bonds. The first-order valence-corrected chi connectivity index (χ1v) is 10.2. The van der Waals surface area contributed by atoms with Crippen molar-refractivity contribution in [1.82, 2.24) is 9.80 Å². The van der Waals surface area contributed by atoms with Crippen LogP contribution < -0.4 is 5.32 Å². The third-order valence-corrected chi connectivity index (χ3v) is 6.12. The van der Waals surface area contributed by atoms with Gasteiger partial charge in [0.1, 0.15) is 6.10 Å². The highest BCUT2D eigenvalue weighted by Gasteiger charge is 2.32. The number of aryl methyl sites for hydroxylation is 2. The predicted molar refractivity (Wildman–Crippen MR) is 104 cm³/mol. The molecule has 2 aliphatic heterocycles. The summed E-state index contributed by atoms with van der Waals surface area (Å²) in [6.07, 6.45) is 5.01. The van der Waals surface area contributed by atoms with Gasteiger partial charge in [0.2, 0.25) is 5.91 Å². The molecule has 0 radical (unpaired) electrons. The number of rotatable bonds is 4. The van der Waals surface area contributed by atoms with Crippen molar-refractivity contribution < 1.29 is 14.3 Å². The van der Waals surface area contributed by atoms with Crippen molar-refractivity contribution >= 4 is 17.5 Å². The van der Waals surface area contributed by atoms with Crippen LogP contribution in [0.15, 0.2) is 18.2 Å². The van der Waals surface area contributed by atoms with Crippen molar-refractivity contribution in [2.75, 3.05) is 38.1 Å². The Morgan fingerprint density at radius 3 is 2.63 bits per heavy atom. The van der Waals surface area contributed by atoms with E-state index < -0.39 is 0 Å². The zero-order valence-electron chi connectivity index (χ0n) is 16.1. The second-order valence-corrected chi connectivity index (χ2v) is 7.87. The lowest BCUT2D eigenvalue weighted by molar-refractivity contribution is -0.143. The number of ether oxygens (including phenoxy) is 1. The highest BCUT2D eigenvalue weighted by atomic mass is 16.5. The van der Waals surface area contributed by atoms with E-state index in [1.807, 2.05) is 17.9 Å². The Morgan fingerprint density at radius 2 is 1.89 bits per heavy atom. The van der Waals surface area contributed by atoms with Gasteiger partial charge in [0.25, 0.3) is 5.91 Å². The summed E-state index contributed by atoms with van der Waals surface area (Å²) in [5.74, 6) is 0.134. The Hall–Kier alpha value is -1.92. The maximum absolute atomic E-state index is 12.7. The van der Waals surface area contributed by atoms with Crippen LogP contribution in [0.1, 0.15) is 37.3 Å². The molecule has 6 heteroatoms. The first-order valence-electron chi connectivity index (χ1n) is 10.2. The van der Waals surface area contributed by atoms with Gasteiger partial charge < -0.3 is 15.0 Å². The third-order valence-electron chi connectivity index (χ3n) is 6.12. The summed E-state index contributed by atoms with van der Waals surface area (Å²) >= 11 is 0. The Morgan fingerprint density at radius 1 is 1.11 bits per heavy atom. The lowest BCUT2D eigenvalue weighted by atomic mass is 10.1. The van der Waals surface area contributed by atoms with E-state index in [4.69, 9.17) is 4.74 Å². The summed E-state index contributed by atoms with van der Waals surface area (Å²) in [4.78, 5) is 29.2. The van der Waals surface area contributed by atoms with Crippen LogP contribution in [-0.2, 0) is 27.2 Å². The Labute approximate surface area is 160 Å². The minimum Gasteiger partial charge on any atom is -0.368 e. The van der Waals surface area contributed by atoms with Gasteiger partial charge in [-0.15, -0.1) is 0 Å². The molecule has 1 aromatic carbocycles. The number of nitrogens with zero attached hydrogens (tertiary/aromatic N) is 2. The van der Waals surface area contributed by atoms with Gasteiger partial charge >= 0.3 is 0 Å². The summed E-state index contributed by atoms with van der Waals surface area (Å²) in [6.45, 7) is 5.40. The van der Waals surface area contributed by atoms with Crippen LogP contribution in [0.25, 0.3) is 0 Å². The largest absolute Gasteiger partial charge is 0.368 e. The number of benzene rings is 1. The molecule has 0 aromatic heterocycles. The number of hydrogen-bond acceptors (Lipinski definition) is 4. The van der Waals surface area contributed by atoms with Crippen molar-refractivity contribution in [2.45, 2.75) is 51.2 Å². The standard InChI is InChI=1S/C21H29N3O3/c1-15(20(25)22-18-8-7-16-4-2-5-17(16)14-18)23-9-11-24(12-10-23)21(26)19-6-3-13-27-19/h7-8,14-15,19H,2-6,9-13H2,1H3,(H,22,25)/t15-,19-/m1/s1. The zero-order chi connectivity index (χ0) is 18.8. The molecule has 4 rings (SSSR count). The number of carbonyl (C=O) groups is 2. The molecule has 6 nitrogen and oxygen atoms in total. The van der Waals surface area contributed by atoms with Crippen molar-refractivity contribution in [2.24, 2.45) is 0 Å². The lowest BCUT2D eigenvalue weighted by Gasteiger charge is -2.38. The van der Waals surface area contributed by atoms with Gasteiger partial charge in [-0.1, -0.05) is 6.07 Å². The van der Waals surface area contributed by atoms with Gasteiger partial charge in [0, 0.05) is 38.5 Å². The topological polar surface area (TPSA) is 61.9 Å². The first-order chi connectivity index (χ1) is 13.1. The predicted octanol–water partition coefficient (Wildman–Crippen LogP) is 1.83. The van der Waals surface area contributed by atoms with Crippen molar-refractivity contribution in [3.63, 3.8) is 0 Å². The molecule has 1 aromatic rings. The van der Waals surface area contributed by atoms with Gasteiger partial charge in [0.05, 0.1) is 6.04 Å². The lowest BCUT2D eigenvalue weighted by Crippen LogP contribution is -2.55. The number of carbonyl (C=O) groups excluding carboxylic acids is 2. The summed E-state index contributed by atoms with van der Waals surface area (Å²) in [6, 6.07) is 6.05. The molecule has 1 N–H and O–H groups in total. The number of piperazine rings is 1. The maximum atomic E-state index is 12.7. The molecule has 0 saturated carbocycles. The average molecular weight is 371 g/mol. The fourth-order valence-corrected chi connectivity index (χ4v) is 4.37. The minimum atomic E-state index is -0.253. The molecule has 0 spiro atoms. The maximum Gasteiger partial charge on any atom is 0.251 e. The fraction of sp³-hybridized carbons (Fsp3) is 0.619. The first kappa shape index (κ1) is 18.4. The van der Waals surface area contributed by atoms with E-state index >= 15 is 0 Å². The Balaban J connectivity index is 1.29. The number of anilines is 1. The van der Waals surface area contributed by atoms with E-state index in [1.54, 1.807) is 0 Å². The average Bonchev–Trinajstić information content (AvgIpc) is 3.38. The van der Waals surface area contributed by atoms with E-state index in [0.29, 0.717) is 19.7 Å². The number of fused-ring (bicyclic) bond motifs is 1. The van der Waals surface area contributed by atoms with Crippen LogP contribution in [0.5, 0.6) is 0 Å². The van der Waals surface area contributed by atoms with Crippen LogP contribution in [0.3, 0.4) is 0 Å². The molecule has 27 heavy (non-hydrogen) atoms. The highest BCUT2D eigenvalue weighted by molar-refractivity contribution is 5.94. The Kier molecular flexibility index (Phi) is 5.45. The van der Waals surface area contributed by atoms with Gasteiger partial charge in [0.15, 0.2) is 0 Å². The second-order valence-electron chi connectivity index (χ2n) is 7.87. The highest BCUT2D eigenvalue weighted by Crippen LogP contribution is 2.25. The normalized spacial score (nSPS) is 23.9. The Bertz CT molecular complexity index is 707. The van der Waals surface area contributed by atoms with Gasteiger partial charge in [-0.2, -0.15) is 0 Å². The fourth-order valence-electron chi connectivity index (χ4n) is 4.37. The van der Waals surface area contributed by atoms with Gasteiger partial charge in [-0.05, 0) is 62.3 Å². The molecule has 1 aliphatic carbocycles. The van der Waals surface area contributed by atoms with Crippen molar-refractivity contribution in [3.8, 4) is 0 Å². The minimum absolute atomic E-state index is 0.0202. The molecule has 3 aliphatic rings.